The lowest BCUT2D eigenvalue weighted by Gasteiger charge is -2.31. The monoisotopic (exact) mass is 293 g/mol. The number of fused-ring (bicyclic) bond motifs is 1. The molecule has 0 radical (unpaired) electrons. The van der Waals surface area contributed by atoms with E-state index >= 15 is 0 Å². The zero-order valence-corrected chi connectivity index (χ0v) is 12.4. The van der Waals surface area contributed by atoms with Crippen LogP contribution in [0.4, 0.5) is 5.82 Å². The molecule has 20 heavy (non-hydrogen) atoms. The first-order chi connectivity index (χ1) is 9.22. The van der Waals surface area contributed by atoms with Gasteiger partial charge in [0.2, 0.25) is 0 Å². The topological polar surface area (TPSA) is 67.1 Å². The second-order valence-corrected chi connectivity index (χ2v) is 5.13. The van der Waals surface area contributed by atoms with E-state index in [1.807, 2.05) is 24.3 Å². The molecule has 108 valence electrons. The van der Waals surface area contributed by atoms with Gasteiger partial charge in [-0.1, -0.05) is 12.1 Å². The van der Waals surface area contributed by atoms with Crippen molar-refractivity contribution in [2.45, 2.75) is 19.5 Å². The summed E-state index contributed by atoms with van der Waals surface area (Å²) in [6.45, 7) is 6.03. The molecule has 0 saturated carbocycles. The van der Waals surface area contributed by atoms with Gasteiger partial charge in [0.15, 0.2) is 0 Å². The molecule has 3 rings (SSSR count). The number of anilines is 1. The number of benzene rings is 1. The van der Waals surface area contributed by atoms with Gasteiger partial charge in [0.05, 0.1) is 12.1 Å². The molecule has 0 aliphatic carbocycles. The summed E-state index contributed by atoms with van der Waals surface area (Å²) in [6.07, 6.45) is 0. The smallest absolute Gasteiger partial charge is 0.145 e. The van der Waals surface area contributed by atoms with Crippen LogP contribution in [0, 0.1) is 0 Å². The van der Waals surface area contributed by atoms with Gasteiger partial charge in [-0.2, -0.15) is 0 Å². The normalized spacial score (nSPS) is 19.8. The van der Waals surface area contributed by atoms with E-state index in [-0.39, 0.29) is 12.4 Å². The minimum atomic E-state index is 0. The quantitative estimate of drug-likeness (QED) is 0.877. The molecule has 3 N–H and O–H groups in total. The van der Waals surface area contributed by atoms with Crippen LogP contribution in [-0.4, -0.2) is 40.5 Å². The Morgan fingerprint density at radius 3 is 2.95 bits per heavy atom. The SMILES string of the molecule is CC1CN(Cc2nc(N)c3ccccc3n2)CCN1.Cl. The second kappa shape index (κ2) is 6.35. The maximum Gasteiger partial charge on any atom is 0.145 e. The first-order valence-corrected chi connectivity index (χ1v) is 6.69. The van der Waals surface area contributed by atoms with E-state index in [1.54, 1.807) is 0 Å². The molecule has 6 heteroatoms. The van der Waals surface area contributed by atoms with E-state index in [0.717, 1.165) is 42.9 Å². The molecule has 2 heterocycles. The number of nitrogen functional groups attached to an aromatic ring is 1. The van der Waals surface area contributed by atoms with Crippen molar-refractivity contribution in [1.82, 2.24) is 20.2 Å². The highest BCUT2D eigenvalue weighted by molar-refractivity contribution is 5.87. The molecule has 0 spiro atoms. The number of para-hydroxylation sites is 1. The average Bonchev–Trinajstić information content (AvgIpc) is 2.39. The lowest BCUT2D eigenvalue weighted by molar-refractivity contribution is 0.195. The molecule has 5 nitrogen and oxygen atoms in total. The minimum absolute atomic E-state index is 0. The predicted octanol–water partition coefficient (Wildman–Crippen LogP) is 1.43. The number of piperazine rings is 1. The summed E-state index contributed by atoms with van der Waals surface area (Å²) in [7, 11) is 0. The van der Waals surface area contributed by atoms with Crippen LogP contribution in [0.15, 0.2) is 24.3 Å². The molecule has 1 aromatic heterocycles. The average molecular weight is 294 g/mol. The standard InChI is InChI=1S/C14H19N5.ClH/c1-10-8-19(7-6-16-10)9-13-17-12-5-3-2-4-11(12)14(15)18-13;/h2-5,10,16H,6-9H2,1H3,(H2,15,17,18);1H. The molecule has 1 aliphatic heterocycles. The summed E-state index contributed by atoms with van der Waals surface area (Å²) in [5, 5.41) is 4.36. The van der Waals surface area contributed by atoms with Crippen molar-refractivity contribution in [3.05, 3.63) is 30.1 Å². The number of hydrogen-bond donors (Lipinski definition) is 2. The van der Waals surface area contributed by atoms with Gasteiger partial charge in [0, 0.05) is 31.1 Å². The number of rotatable bonds is 2. The Kier molecular flexibility index (Phi) is 4.75. The van der Waals surface area contributed by atoms with Crippen LogP contribution in [0.5, 0.6) is 0 Å². The summed E-state index contributed by atoms with van der Waals surface area (Å²) in [5.74, 6) is 1.38. The third-order valence-electron chi connectivity index (χ3n) is 3.50. The lowest BCUT2D eigenvalue weighted by Crippen LogP contribution is -2.48. The fourth-order valence-electron chi connectivity index (χ4n) is 2.58. The van der Waals surface area contributed by atoms with Gasteiger partial charge < -0.3 is 11.1 Å². The van der Waals surface area contributed by atoms with Crippen molar-refractivity contribution in [3.63, 3.8) is 0 Å². The maximum absolute atomic E-state index is 6.01. The van der Waals surface area contributed by atoms with Crippen molar-refractivity contribution in [2.75, 3.05) is 25.4 Å². The zero-order chi connectivity index (χ0) is 13.2. The van der Waals surface area contributed by atoms with Crippen LogP contribution in [0.25, 0.3) is 10.9 Å². The molecule has 0 bridgehead atoms. The molecule has 1 saturated heterocycles. The van der Waals surface area contributed by atoms with Crippen LogP contribution < -0.4 is 11.1 Å². The van der Waals surface area contributed by atoms with Gasteiger partial charge in [0.1, 0.15) is 11.6 Å². The van der Waals surface area contributed by atoms with Gasteiger partial charge >= 0.3 is 0 Å². The Morgan fingerprint density at radius 1 is 1.35 bits per heavy atom. The van der Waals surface area contributed by atoms with Crippen LogP contribution >= 0.6 is 12.4 Å². The highest BCUT2D eigenvalue weighted by atomic mass is 35.5. The number of halogens is 1. The predicted molar refractivity (Wildman–Crippen MR) is 83.9 cm³/mol. The molecular weight excluding hydrogens is 274 g/mol. The molecular formula is C14H20ClN5. The molecule has 0 amide bonds. The van der Waals surface area contributed by atoms with Crippen molar-refractivity contribution in [3.8, 4) is 0 Å². The number of hydrogen-bond acceptors (Lipinski definition) is 5. The maximum atomic E-state index is 6.01. The summed E-state index contributed by atoms with van der Waals surface area (Å²) in [5.41, 5.74) is 6.93. The number of aromatic nitrogens is 2. The number of nitrogens with two attached hydrogens (primary N) is 1. The third-order valence-corrected chi connectivity index (χ3v) is 3.50. The van der Waals surface area contributed by atoms with Gasteiger partial charge in [0.25, 0.3) is 0 Å². The highest BCUT2D eigenvalue weighted by Gasteiger charge is 2.17. The third kappa shape index (κ3) is 3.17. The Bertz CT molecular complexity index is 589. The molecule has 1 aromatic carbocycles. The van der Waals surface area contributed by atoms with E-state index < -0.39 is 0 Å². The fraction of sp³-hybridized carbons (Fsp3) is 0.429. The minimum Gasteiger partial charge on any atom is -0.383 e. The van der Waals surface area contributed by atoms with Crippen LogP contribution in [0.2, 0.25) is 0 Å². The van der Waals surface area contributed by atoms with Crippen molar-refractivity contribution in [1.29, 1.82) is 0 Å². The number of nitrogens with zero attached hydrogens (tertiary/aromatic N) is 3. The first kappa shape index (κ1) is 15.0. The van der Waals surface area contributed by atoms with E-state index in [0.29, 0.717) is 11.9 Å². The highest BCUT2D eigenvalue weighted by Crippen LogP contribution is 2.17. The fourth-order valence-corrected chi connectivity index (χ4v) is 2.58. The summed E-state index contributed by atoms with van der Waals surface area (Å²) in [4.78, 5) is 11.4. The van der Waals surface area contributed by atoms with E-state index in [9.17, 15) is 0 Å². The zero-order valence-electron chi connectivity index (χ0n) is 11.5. The van der Waals surface area contributed by atoms with Crippen molar-refractivity contribution < 1.29 is 0 Å². The van der Waals surface area contributed by atoms with E-state index in [2.05, 4.69) is 27.1 Å². The summed E-state index contributed by atoms with van der Waals surface area (Å²) < 4.78 is 0. The molecule has 2 aromatic rings. The van der Waals surface area contributed by atoms with Gasteiger partial charge in [-0.3, -0.25) is 4.90 Å². The Balaban J connectivity index is 0.00000147. The van der Waals surface area contributed by atoms with Crippen LogP contribution in [0.1, 0.15) is 12.7 Å². The first-order valence-electron chi connectivity index (χ1n) is 6.69. The largest absolute Gasteiger partial charge is 0.383 e. The number of nitrogens with one attached hydrogen (secondary N) is 1. The van der Waals surface area contributed by atoms with Crippen molar-refractivity contribution >= 4 is 29.1 Å². The molecule has 1 aliphatic rings. The van der Waals surface area contributed by atoms with Crippen LogP contribution in [0.3, 0.4) is 0 Å². The molecule has 1 fully saturated rings. The summed E-state index contributed by atoms with van der Waals surface area (Å²) in [6, 6.07) is 8.40. The van der Waals surface area contributed by atoms with Gasteiger partial charge in [-0.15, -0.1) is 12.4 Å². The Labute approximate surface area is 125 Å². The van der Waals surface area contributed by atoms with Gasteiger partial charge in [-0.25, -0.2) is 9.97 Å². The van der Waals surface area contributed by atoms with Gasteiger partial charge in [-0.05, 0) is 19.1 Å². The van der Waals surface area contributed by atoms with Crippen molar-refractivity contribution in [2.24, 2.45) is 0 Å². The Morgan fingerprint density at radius 2 is 2.15 bits per heavy atom. The molecule has 1 unspecified atom stereocenters. The summed E-state index contributed by atoms with van der Waals surface area (Å²) >= 11 is 0. The van der Waals surface area contributed by atoms with E-state index in [1.165, 1.54) is 0 Å². The molecule has 1 atom stereocenters. The second-order valence-electron chi connectivity index (χ2n) is 5.13. The Hall–Kier alpha value is -1.43. The van der Waals surface area contributed by atoms with Crippen LogP contribution in [-0.2, 0) is 6.54 Å². The lowest BCUT2D eigenvalue weighted by atomic mass is 10.2. The van der Waals surface area contributed by atoms with E-state index in [4.69, 9.17) is 5.73 Å².